The number of piperidine rings is 1. The van der Waals surface area contributed by atoms with E-state index in [0.717, 1.165) is 41.7 Å². The van der Waals surface area contributed by atoms with Gasteiger partial charge >= 0.3 is 0 Å². The topological polar surface area (TPSA) is 42.4 Å². The Morgan fingerprint density at radius 3 is 3.13 bits per heavy atom. The molecule has 1 aliphatic carbocycles. The molecule has 4 nitrogen and oxygen atoms in total. The number of ether oxygens (including phenoxy) is 1. The van der Waals surface area contributed by atoms with Gasteiger partial charge in [-0.3, -0.25) is 4.79 Å². The van der Waals surface area contributed by atoms with Crippen molar-refractivity contribution in [3.8, 4) is 0 Å². The first-order chi connectivity index (χ1) is 11.2. The summed E-state index contributed by atoms with van der Waals surface area (Å²) in [4.78, 5) is 19.3. The molecule has 0 bridgehead atoms. The number of methoxy groups -OCH3 is 1. The molecule has 1 amide bonds. The molecule has 0 N–H and O–H groups in total. The standard InChI is InChI=1S/C18H22N2O2S/c1-22-16-4-2-7-18(16)8-3-9-20(11-18)17(21)13-5-6-15-14(10-13)19-12-23-15/h5-6,10,12,16H,2-4,7-9,11H2,1H3/t16-,18+/m1/s1. The Hall–Kier alpha value is -1.46. The Labute approximate surface area is 140 Å². The van der Waals surface area contributed by atoms with Crippen LogP contribution in [0.5, 0.6) is 0 Å². The average Bonchev–Trinajstić information content (AvgIpc) is 3.20. The van der Waals surface area contributed by atoms with Crippen molar-refractivity contribution in [2.45, 2.75) is 38.2 Å². The number of fused-ring (bicyclic) bond motifs is 1. The van der Waals surface area contributed by atoms with Crippen LogP contribution >= 0.6 is 11.3 Å². The summed E-state index contributed by atoms with van der Waals surface area (Å²) in [5.74, 6) is 0.140. The minimum absolute atomic E-state index is 0.140. The van der Waals surface area contributed by atoms with Crippen molar-refractivity contribution in [3.63, 3.8) is 0 Å². The lowest BCUT2D eigenvalue weighted by Crippen LogP contribution is -2.49. The quantitative estimate of drug-likeness (QED) is 0.843. The number of thiazole rings is 1. The summed E-state index contributed by atoms with van der Waals surface area (Å²) in [6.45, 7) is 1.69. The summed E-state index contributed by atoms with van der Waals surface area (Å²) in [6.07, 6.45) is 6.08. The lowest BCUT2D eigenvalue weighted by atomic mass is 9.76. The number of hydrogen-bond acceptors (Lipinski definition) is 4. The minimum atomic E-state index is 0.140. The second kappa shape index (κ2) is 5.87. The molecule has 5 heteroatoms. The van der Waals surface area contributed by atoms with E-state index < -0.39 is 0 Å². The van der Waals surface area contributed by atoms with E-state index in [9.17, 15) is 4.79 Å². The van der Waals surface area contributed by atoms with E-state index in [2.05, 4.69) is 4.98 Å². The summed E-state index contributed by atoms with van der Waals surface area (Å²) in [6, 6.07) is 5.87. The molecule has 1 spiro atoms. The van der Waals surface area contributed by atoms with Crippen LogP contribution in [0.25, 0.3) is 10.2 Å². The smallest absolute Gasteiger partial charge is 0.253 e. The van der Waals surface area contributed by atoms with Crippen LogP contribution in [0.2, 0.25) is 0 Å². The van der Waals surface area contributed by atoms with Gasteiger partial charge in [-0.25, -0.2) is 4.98 Å². The summed E-state index contributed by atoms with van der Waals surface area (Å²) in [7, 11) is 1.81. The number of carbonyl (C=O) groups excluding carboxylic acids is 1. The predicted octanol–water partition coefficient (Wildman–Crippen LogP) is 3.72. The lowest BCUT2D eigenvalue weighted by molar-refractivity contribution is -0.0295. The molecule has 2 heterocycles. The highest BCUT2D eigenvalue weighted by molar-refractivity contribution is 7.16. The third-order valence-electron chi connectivity index (χ3n) is 5.58. The number of rotatable bonds is 2. The van der Waals surface area contributed by atoms with Crippen molar-refractivity contribution in [1.29, 1.82) is 0 Å². The van der Waals surface area contributed by atoms with E-state index in [1.54, 1.807) is 11.3 Å². The monoisotopic (exact) mass is 330 g/mol. The molecule has 1 aromatic carbocycles. The molecule has 0 unspecified atom stereocenters. The molecule has 1 aromatic heterocycles. The molecule has 1 saturated carbocycles. The first-order valence-corrected chi connectivity index (χ1v) is 9.25. The van der Waals surface area contributed by atoms with Gasteiger partial charge in [-0.1, -0.05) is 6.42 Å². The molecule has 2 aliphatic rings. The van der Waals surface area contributed by atoms with E-state index in [1.807, 2.05) is 35.7 Å². The van der Waals surface area contributed by atoms with Crippen LogP contribution in [0, 0.1) is 5.41 Å². The average molecular weight is 330 g/mol. The summed E-state index contributed by atoms with van der Waals surface area (Å²) >= 11 is 1.61. The van der Waals surface area contributed by atoms with E-state index in [4.69, 9.17) is 4.74 Å². The van der Waals surface area contributed by atoms with Crippen molar-refractivity contribution in [1.82, 2.24) is 9.88 Å². The largest absolute Gasteiger partial charge is 0.381 e. The summed E-state index contributed by atoms with van der Waals surface area (Å²) in [5, 5.41) is 0. The lowest BCUT2D eigenvalue weighted by Gasteiger charge is -2.43. The maximum absolute atomic E-state index is 13.0. The Balaban J connectivity index is 1.58. The van der Waals surface area contributed by atoms with Gasteiger partial charge in [0.15, 0.2) is 0 Å². The zero-order chi connectivity index (χ0) is 15.9. The molecule has 1 aliphatic heterocycles. The molecule has 23 heavy (non-hydrogen) atoms. The Morgan fingerprint density at radius 2 is 2.26 bits per heavy atom. The van der Waals surface area contributed by atoms with Crippen molar-refractivity contribution in [2.24, 2.45) is 5.41 Å². The zero-order valence-electron chi connectivity index (χ0n) is 13.5. The number of nitrogens with zero attached hydrogens (tertiary/aromatic N) is 2. The molecule has 122 valence electrons. The normalized spacial score (nSPS) is 27.9. The molecule has 0 radical (unpaired) electrons. The maximum atomic E-state index is 13.0. The summed E-state index contributed by atoms with van der Waals surface area (Å²) in [5.41, 5.74) is 3.68. The second-order valence-corrected chi connectivity index (χ2v) is 7.73. The van der Waals surface area contributed by atoms with Gasteiger partial charge in [-0.2, -0.15) is 0 Å². The van der Waals surface area contributed by atoms with E-state index in [-0.39, 0.29) is 11.3 Å². The van der Waals surface area contributed by atoms with E-state index in [1.165, 1.54) is 19.3 Å². The van der Waals surface area contributed by atoms with Crippen LogP contribution in [0.4, 0.5) is 0 Å². The number of hydrogen-bond donors (Lipinski definition) is 0. The molecular formula is C18H22N2O2S. The van der Waals surface area contributed by atoms with Crippen molar-refractivity contribution in [2.75, 3.05) is 20.2 Å². The highest BCUT2D eigenvalue weighted by Crippen LogP contribution is 2.46. The Morgan fingerprint density at radius 1 is 1.39 bits per heavy atom. The third kappa shape index (κ3) is 2.56. The molecular weight excluding hydrogens is 308 g/mol. The van der Waals surface area contributed by atoms with Gasteiger partial charge in [0.25, 0.3) is 5.91 Å². The molecule has 1 saturated heterocycles. The SMILES string of the molecule is CO[C@@H]1CCC[C@@]12CCCN(C(=O)c1ccc3scnc3c1)C2. The summed E-state index contributed by atoms with van der Waals surface area (Å²) < 4.78 is 6.87. The van der Waals surface area contributed by atoms with Gasteiger partial charge in [-0.15, -0.1) is 11.3 Å². The highest BCUT2D eigenvalue weighted by atomic mass is 32.1. The van der Waals surface area contributed by atoms with Crippen molar-refractivity contribution < 1.29 is 9.53 Å². The van der Waals surface area contributed by atoms with Crippen LogP contribution in [-0.2, 0) is 4.74 Å². The van der Waals surface area contributed by atoms with Crippen molar-refractivity contribution >= 4 is 27.5 Å². The Bertz CT molecular complexity index is 729. The first kappa shape index (κ1) is 15.1. The number of amides is 1. The first-order valence-electron chi connectivity index (χ1n) is 8.37. The zero-order valence-corrected chi connectivity index (χ0v) is 14.3. The van der Waals surface area contributed by atoms with Gasteiger partial charge in [0, 0.05) is 31.2 Å². The molecule has 4 rings (SSSR count). The minimum Gasteiger partial charge on any atom is -0.381 e. The second-order valence-electron chi connectivity index (χ2n) is 6.84. The van der Waals surface area contributed by atoms with Gasteiger partial charge in [-0.05, 0) is 43.9 Å². The van der Waals surface area contributed by atoms with Crippen molar-refractivity contribution in [3.05, 3.63) is 29.3 Å². The predicted molar refractivity (Wildman–Crippen MR) is 91.8 cm³/mol. The fourth-order valence-electron chi connectivity index (χ4n) is 4.45. The van der Waals surface area contributed by atoms with E-state index in [0.29, 0.717) is 6.10 Å². The van der Waals surface area contributed by atoms with Crippen LogP contribution in [0.3, 0.4) is 0 Å². The maximum Gasteiger partial charge on any atom is 0.253 e. The number of aromatic nitrogens is 1. The number of carbonyl (C=O) groups is 1. The molecule has 2 aromatic rings. The van der Waals surface area contributed by atoms with Gasteiger partial charge in [0.2, 0.25) is 0 Å². The highest BCUT2D eigenvalue weighted by Gasteiger charge is 2.46. The van der Waals surface area contributed by atoms with Crippen LogP contribution in [0.15, 0.2) is 23.7 Å². The van der Waals surface area contributed by atoms with Crippen LogP contribution in [0.1, 0.15) is 42.5 Å². The van der Waals surface area contributed by atoms with Gasteiger partial charge in [0.05, 0.1) is 21.8 Å². The number of likely N-dealkylation sites (tertiary alicyclic amines) is 1. The van der Waals surface area contributed by atoms with Crippen LogP contribution < -0.4 is 0 Å². The van der Waals surface area contributed by atoms with Gasteiger partial charge in [0.1, 0.15) is 0 Å². The molecule has 2 fully saturated rings. The number of benzene rings is 1. The molecule has 2 atom stereocenters. The fraction of sp³-hybridized carbons (Fsp3) is 0.556. The third-order valence-corrected chi connectivity index (χ3v) is 6.39. The Kier molecular flexibility index (Phi) is 3.85. The van der Waals surface area contributed by atoms with Crippen LogP contribution in [-0.4, -0.2) is 42.1 Å². The van der Waals surface area contributed by atoms with E-state index >= 15 is 0 Å². The van der Waals surface area contributed by atoms with Gasteiger partial charge < -0.3 is 9.64 Å². The fourth-order valence-corrected chi connectivity index (χ4v) is 5.11.